The Morgan fingerprint density at radius 3 is 2.68 bits per heavy atom. The van der Waals surface area contributed by atoms with E-state index < -0.39 is 0 Å². The number of benzene rings is 1. The molecule has 1 fully saturated rings. The van der Waals surface area contributed by atoms with E-state index in [0.717, 1.165) is 29.7 Å². The molecule has 1 aliphatic rings. The Morgan fingerprint density at radius 1 is 1.07 bits per heavy atom. The molecule has 0 saturated carbocycles. The van der Waals surface area contributed by atoms with Crippen molar-refractivity contribution in [3.63, 3.8) is 0 Å². The van der Waals surface area contributed by atoms with Gasteiger partial charge in [-0.15, -0.1) is 0 Å². The smallest absolute Gasteiger partial charge is 0.270 e. The van der Waals surface area contributed by atoms with Crippen molar-refractivity contribution in [1.29, 1.82) is 0 Å². The van der Waals surface area contributed by atoms with Gasteiger partial charge in [-0.2, -0.15) is 0 Å². The lowest BCUT2D eigenvalue weighted by atomic mass is 9.96. The molecular formula is C21H19N5O2. The van der Waals surface area contributed by atoms with E-state index in [1.165, 1.54) is 10.6 Å². The molecule has 28 heavy (non-hydrogen) atoms. The number of aromatic amines is 1. The summed E-state index contributed by atoms with van der Waals surface area (Å²) in [5.74, 6) is 1.01. The Hall–Kier alpha value is -3.48. The maximum Gasteiger partial charge on any atom is 0.270 e. The fraction of sp³-hybridized carbons (Fsp3) is 0.238. The topological polar surface area (TPSA) is 83.4 Å². The first kappa shape index (κ1) is 16.7. The Labute approximate surface area is 160 Å². The van der Waals surface area contributed by atoms with Gasteiger partial charge in [0.05, 0.1) is 11.0 Å². The molecule has 7 nitrogen and oxygen atoms in total. The van der Waals surface area contributed by atoms with Gasteiger partial charge in [-0.1, -0.05) is 18.2 Å². The predicted molar refractivity (Wildman–Crippen MR) is 105 cm³/mol. The van der Waals surface area contributed by atoms with Gasteiger partial charge >= 0.3 is 0 Å². The Balaban J connectivity index is 1.34. The molecule has 0 unspecified atom stereocenters. The molecule has 1 amide bonds. The third-order valence-electron chi connectivity index (χ3n) is 5.42. The van der Waals surface area contributed by atoms with E-state index in [2.05, 4.69) is 9.97 Å². The van der Waals surface area contributed by atoms with Crippen LogP contribution in [-0.4, -0.2) is 43.2 Å². The zero-order valence-corrected chi connectivity index (χ0v) is 15.2. The van der Waals surface area contributed by atoms with Crippen LogP contribution in [0, 0.1) is 0 Å². The summed E-state index contributed by atoms with van der Waals surface area (Å²) in [6, 6.07) is 13.3. The molecule has 5 rings (SSSR count). The van der Waals surface area contributed by atoms with Gasteiger partial charge in [-0.05, 0) is 37.1 Å². The van der Waals surface area contributed by atoms with Crippen LogP contribution < -0.4 is 5.56 Å². The highest BCUT2D eigenvalue weighted by Gasteiger charge is 2.28. The van der Waals surface area contributed by atoms with Crippen molar-refractivity contribution in [3.05, 3.63) is 76.6 Å². The lowest BCUT2D eigenvalue weighted by Crippen LogP contribution is -2.40. The number of carbonyl (C=O) groups is 1. The van der Waals surface area contributed by atoms with Gasteiger partial charge in [-0.3, -0.25) is 14.0 Å². The standard InChI is InChI=1S/C21H19N5O2/c27-20(15-13-22-18-7-3-4-10-26(18)21(15)28)25-11-8-14(9-12-25)19-23-16-5-1-2-6-17(16)24-19/h1-7,10,13-14H,8-9,11-12H2,(H,23,24). The van der Waals surface area contributed by atoms with Crippen LogP contribution in [0.1, 0.15) is 34.9 Å². The van der Waals surface area contributed by atoms with Crippen LogP contribution in [0.2, 0.25) is 0 Å². The SMILES string of the molecule is O=C(c1cnc2ccccn2c1=O)N1CCC(c2nc3ccccc3[nH]2)CC1. The number of H-pyrrole nitrogens is 1. The highest BCUT2D eigenvalue weighted by atomic mass is 16.2. The van der Waals surface area contributed by atoms with Crippen LogP contribution in [-0.2, 0) is 0 Å². The minimum absolute atomic E-state index is 0.117. The summed E-state index contributed by atoms with van der Waals surface area (Å²) in [4.78, 5) is 39.6. The van der Waals surface area contributed by atoms with Crippen molar-refractivity contribution >= 4 is 22.6 Å². The van der Waals surface area contributed by atoms with Gasteiger partial charge in [0, 0.05) is 31.4 Å². The summed E-state index contributed by atoms with van der Waals surface area (Å²) < 4.78 is 1.41. The fourth-order valence-corrected chi connectivity index (χ4v) is 3.87. The number of fused-ring (bicyclic) bond motifs is 2. The van der Waals surface area contributed by atoms with E-state index in [1.54, 1.807) is 23.2 Å². The number of rotatable bonds is 2. The van der Waals surface area contributed by atoms with Crippen LogP contribution in [0.4, 0.5) is 0 Å². The van der Waals surface area contributed by atoms with Crippen LogP contribution in [0.15, 0.2) is 59.7 Å². The minimum Gasteiger partial charge on any atom is -0.342 e. The van der Waals surface area contributed by atoms with Crippen LogP contribution in [0.5, 0.6) is 0 Å². The number of piperidine rings is 1. The number of amides is 1. The number of aromatic nitrogens is 4. The van der Waals surface area contributed by atoms with Crippen molar-refractivity contribution in [1.82, 2.24) is 24.3 Å². The van der Waals surface area contributed by atoms with E-state index in [1.807, 2.05) is 30.3 Å². The molecule has 0 radical (unpaired) electrons. The minimum atomic E-state index is -0.324. The average molecular weight is 373 g/mol. The summed E-state index contributed by atoms with van der Waals surface area (Å²) >= 11 is 0. The third-order valence-corrected chi connectivity index (χ3v) is 5.42. The molecule has 0 spiro atoms. The highest BCUT2D eigenvalue weighted by Crippen LogP contribution is 2.28. The third kappa shape index (κ3) is 2.76. The second kappa shape index (κ2) is 6.60. The lowest BCUT2D eigenvalue weighted by molar-refractivity contribution is 0.0709. The fourth-order valence-electron chi connectivity index (χ4n) is 3.87. The first-order valence-corrected chi connectivity index (χ1v) is 9.41. The van der Waals surface area contributed by atoms with Gasteiger partial charge in [0.1, 0.15) is 17.0 Å². The van der Waals surface area contributed by atoms with E-state index in [-0.39, 0.29) is 22.9 Å². The maximum absolute atomic E-state index is 12.9. The molecule has 1 aliphatic heterocycles. The van der Waals surface area contributed by atoms with Crippen molar-refractivity contribution < 1.29 is 4.79 Å². The summed E-state index contributed by atoms with van der Waals surface area (Å²) in [6.07, 6.45) is 4.66. The summed E-state index contributed by atoms with van der Waals surface area (Å²) in [5, 5.41) is 0. The second-order valence-electron chi connectivity index (χ2n) is 7.11. The van der Waals surface area contributed by atoms with E-state index in [9.17, 15) is 9.59 Å². The van der Waals surface area contributed by atoms with Crippen LogP contribution in [0.25, 0.3) is 16.7 Å². The number of likely N-dealkylation sites (tertiary alicyclic amines) is 1. The number of hydrogen-bond acceptors (Lipinski definition) is 4. The molecule has 4 heterocycles. The van der Waals surface area contributed by atoms with Crippen molar-refractivity contribution in [2.24, 2.45) is 0 Å². The van der Waals surface area contributed by atoms with Crippen LogP contribution in [0.3, 0.4) is 0 Å². The monoisotopic (exact) mass is 373 g/mol. The molecule has 0 bridgehead atoms. The number of carbonyl (C=O) groups excluding carboxylic acids is 1. The molecule has 3 aromatic heterocycles. The quantitative estimate of drug-likeness (QED) is 0.585. The Morgan fingerprint density at radius 2 is 1.86 bits per heavy atom. The number of pyridine rings is 1. The number of hydrogen-bond donors (Lipinski definition) is 1. The molecule has 1 saturated heterocycles. The number of nitrogens with zero attached hydrogens (tertiary/aromatic N) is 4. The molecular weight excluding hydrogens is 354 g/mol. The van der Waals surface area contributed by atoms with Crippen molar-refractivity contribution in [2.45, 2.75) is 18.8 Å². The average Bonchev–Trinajstić information content (AvgIpc) is 3.18. The predicted octanol–water partition coefficient (Wildman–Crippen LogP) is 2.59. The van der Waals surface area contributed by atoms with Gasteiger partial charge in [-0.25, -0.2) is 9.97 Å². The summed E-state index contributed by atoms with van der Waals surface area (Å²) in [5.41, 5.74) is 2.33. The zero-order chi connectivity index (χ0) is 19.1. The van der Waals surface area contributed by atoms with E-state index in [4.69, 9.17) is 4.98 Å². The van der Waals surface area contributed by atoms with Gasteiger partial charge in [0.2, 0.25) is 0 Å². The van der Waals surface area contributed by atoms with E-state index >= 15 is 0 Å². The number of para-hydroxylation sites is 2. The maximum atomic E-state index is 12.9. The van der Waals surface area contributed by atoms with E-state index in [0.29, 0.717) is 18.7 Å². The van der Waals surface area contributed by atoms with Gasteiger partial charge in [0.25, 0.3) is 11.5 Å². The second-order valence-corrected chi connectivity index (χ2v) is 7.11. The molecule has 0 atom stereocenters. The van der Waals surface area contributed by atoms with Crippen LogP contribution >= 0.6 is 0 Å². The Bertz CT molecular complexity index is 1200. The first-order chi connectivity index (χ1) is 13.7. The zero-order valence-electron chi connectivity index (χ0n) is 15.2. The molecule has 0 aliphatic carbocycles. The largest absolute Gasteiger partial charge is 0.342 e. The van der Waals surface area contributed by atoms with Gasteiger partial charge in [0.15, 0.2) is 0 Å². The lowest BCUT2D eigenvalue weighted by Gasteiger charge is -2.31. The highest BCUT2D eigenvalue weighted by molar-refractivity contribution is 5.93. The van der Waals surface area contributed by atoms with Crippen molar-refractivity contribution in [2.75, 3.05) is 13.1 Å². The summed E-state index contributed by atoms with van der Waals surface area (Å²) in [6.45, 7) is 1.19. The summed E-state index contributed by atoms with van der Waals surface area (Å²) in [7, 11) is 0. The number of nitrogens with one attached hydrogen (secondary N) is 1. The molecule has 7 heteroatoms. The normalized spacial score (nSPS) is 15.4. The molecule has 140 valence electrons. The molecule has 1 aromatic carbocycles. The first-order valence-electron chi connectivity index (χ1n) is 9.41. The Kier molecular flexibility index (Phi) is 3.93. The van der Waals surface area contributed by atoms with Gasteiger partial charge < -0.3 is 9.88 Å². The van der Waals surface area contributed by atoms with Crippen molar-refractivity contribution in [3.8, 4) is 0 Å². The molecule has 4 aromatic rings. The molecule has 1 N–H and O–H groups in total. The number of imidazole rings is 1.